The van der Waals surface area contributed by atoms with Gasteiger partial charge in [0.2, 0.25) is 0 Å². The van der Waals surface area contributed by atoms with E-state index in [2.05, 4.69) is 19.6 Å². The van der Waals surface area contributed by atoms with E-state index in [4.69, 9.17) is 36.2 Å². The summed E-state index contributed by atoms with van der Waals surface area (Å²) in [5, 5.41) is 0. The monoisotopic (exact) mass is 828 g/mol. The third-order valence-electron chi connectivity index (χ3n) is 8.30. The van der Waals surface area contributed by atoms with Gasteiger partial charge < -0.3 is 55.8 Å². The Hall–Kier alpha value is 0.440. The maximum absolute atomic E-state index is 13.4. The van der Waals surface area contributed by atoms with E-state index in [1.165, 1.54) is 0 Å². The molecule has 0 aromatic rings. The van der Waals surface area contributed by atoms with Crippen molar-refractivity contribution in [3.05, 3.63) is 0 Å². The molecule has 1 heterocycles. The largest absolute Gasteiger partial charge is 0.331 e. The zero-order valence-electron chi connectivity index (χ0n) is 33.4. The van der Waals surface area contributed by atoms with Gasteiger partial charge >= 0.3 is 30.4 Å². The highest BCUT2D eigenvalue weighted by Crippen LogP contribution is 2.50. The number of hydrogen-bond acceptors (Lipinski definition) is 16. The van der Waals surface area contributed by atoms with E-state index in [1.54, 1.807) is 55.4 Å². The SMILES string of the molecule is CCOP(=O)(CCN1CCN(CCP(=O)(OCC)OCC)CCN(CCP(=O)(OCC)OCC)CCN(CCP(=O)(OCC)OCC)CC1)OCC. The lowest BCUT2D eigenvalue weighted by molar-refractivity contribution is 0.136. The normalized spacial score (nSPS) is 17.7. The number of nitrogens with zero attached hydrogens (tertiary/aromatic N) is 4. The molecule has 1 aliphatic heterocycles. The average molecular weight is 829 g/mol. The second-order valence-corrected chi connectivity index (χ2v) is 20.8. The van der Waals surface area contributed by atoms with Gasteiger partial charge in [0.1, 0.15) is 0 Å². The summed E-state index contributed by atoms with van der Waals surface area (Å²) in [6.45, 7) is 23.8. The summed E-state index contributed by atoms with van der Waals surface area (Å²) in [6, 6.07) is 0. The molecule has 0 spiro atoms. The zero-order valence-corrected chi connectivity index (χ0v) is 37.0. The van der Waals surface area contributed by atoms with Crippen molar-refractivity contribution in [2.24, 2.45) is 0 Å². The van der Waals surface area contributed by atoms with Gasteiger partial charge in [0.05, 0.1) is 77.5 Å². The molecule has 1 saturated heterocycles. The molecule has 16 nitrogen and oxygen atoms in total. The number of rotatable bonds is 28. The molecule has 312 valence electrons. The lowest BCUT2D eigenvalue weighted by atomic mass is 10.3. The van der Waals surface area contributed by atoms with E-state index in [1.807, 2.05) is 0 Å². The molecule has 1 rings (SSSR count). The second-order valence-electron chi connectivity index (χ2n) is 12.0. The maximum atomic E-state index is 13.4. The smallest absolute Gasteiger partial charge is 0.309 e. The third-order valence-corrected chi connectivity index (χ3v) is 16.5. The van der Waals surface area contributed by atoms with Crippen molar-refractivity contribution in [2.75, 3.05) is 156 Å². The molecular weight excluding hydrogens is 756 g/mol. The van der Waals surface area contributed by atoms with Gasteiger partial charge in [-0.25, -0.2) is 0 Å². The first-order valence-corrected chi connectivity index (χ1v) is 26.1. The fraction of sp³-hybridized carbons (Fsp3) is 1.00. The molecule has 0 aliphatic carbocycles. The predicted molar refractivity (Wildman–Crippen MR) is 209 cm³/mol. The molecule has 0 amide bonds. The molecule has 0 radical (unpaired) electrons. The van der Waals surface area contributed by atoms with Crippen LogP contribution in [0.2, 0.25) is 0 Å². The average Bonchev–Trinajstić information content (AvgIpc) is 3.08. The van der Waals surface area contributed by atoms with Gasteiger partial charge in [-0.05, 0) is 55.4 Å². The Kier molecular flexibility index (Phi) is 27.1. The van der Waals surface area contributed by atoms with Gasteiger partial charge in [-0.1, -0.05) is 0 Å². The van der Waals surface area contributed by atoms with Gasteiger partial charge in [0.15, 0.2) is 0 Å². The molecule has 0 unspecified atom stereocenters. The Balaban J connectivity index is 3.39. The maximum Gasteiger partial charge on any atom is 0.331 e. The van der Waals surface area contributed by atoms with Crippen LogP contribution in [-0.4, -0.2) is 176 Å². The first-order valence-electron chi connectivity index (χ1n) is 19.2. The van der Waals surface area contributed by atoms with Crippen LogP contribution >= 0.6 is 30.4 Å². The Morgan fingerprint density at radius 3 is 0.558 bits per heavy atom. The fourth-order valence-electron chi connectivity index (χ4n) is 5.77. The van der Waals surface area contributed by atoms with Gasteiger partial charge in [-0.3, -0.25) is 18.3 Å². The van der Waals surface area contributed by atoms with E-state index in [0.717, 1.165) is 0 Å². The van der Waals surface area contributed by atoms with Crippen molar-refractivity contribution in [1.82, 2.24) is 19.6 Å². The van der Waals surface area contributed by atoms with Crippen LogP contribution < -0.4 is 0 Å². The zero-order chi connectivity index (χ0) is 38.9. The molecule has 0 bridgehead atoms. The highest BCUT2D eigenvalue weighted by Gasteiger charge is 2.30. The molecule has 0 aromatic carbocycles. The Morgan fingerprint density at radius 2 is 0.442 bits per heavy atom. The molecule has 20 heteroatoms. The molecule has 0 N–H and O–H groups in total. The van der Waals surface area contributed by atoms with Gasteiger partial charge in [0, 0.05) is 78.5 Å². The highest BCUT2D eigenvalue weighted by molar-refractivity contribution is 7.54. The van der Waals surface area contributed by atoms with Crippen LogP contribution in [0.3, 0.4) is 0 Å². The highest BCUT2D eigenvalue weighted by atomic mass is 31.2. The van der Waals surface area contributed by atoms with Crippen molar-refractivity contribution in [2.45, 2.75) is 55.4 Å². The third kappa shape index (κ3) is 21.1. The van der Waals surface area contributed by atoms with E-state index in [-0.39, 0.29) is 24.6 Å². The van der Waals surface area contributed by atoms with Crippen molar-refractivity contribution >= 4 is 30.4 Å². The molecule has 0 aromatic heterocycles. The van der Waals surface area contributed by atoms with Crippen molar-refractivity contribution in [1.29, 1.82) is 0 Å². The first-order chi connectivity index (χ1) is 24.8. The van der Waals surface area contributed by atoms with E-state index in [9.17, 15) is 18.3 Å². The van der Waals surface area contributed by atoms with Gasteiger partial charge in [0.25, 0.3) is 0 Å². The van der Waals surface area contributed by atoms with Crippen LogP contribution in [-0.2, 0) is 54.5 Å². The lowest BCUT2D eigenvalue weighted by Crippen LogP contribution is -2.47. The van der Waals surface area contributed by atoms with Crippen LogP contribution in [0, 0.1) is 0 Å². The minimum absolute atomic E-state index is 0.246. The molecule has 0 saturated carbocycles. The first kappa shape index (κ1) is 50.5. The van der Waals surface area contributed by atoms with E-state index in [0.29, 0.717) is 131 Å². The van der Waals surface area contributed by atoms with Crippen molar-refractivity contribution in [3.8, 4) is 0 Å². The Bertz CT molecular complexity index is 903. The molecule has 1 fully saturated rings. The second kappa shape index (κ2) is 27.9. The predicted octanol–water partition coefficient (Wildman–Crippen LogP) is 6.27. The van der Waals surface area contributed by atoms with Crippen LogP contribution in [0.1, 0.15) is 55.4 Å². The lowest BCUT2D eigenvalue weighted by Gasteiger charge is -2.35. The Labute approximate surface area is 315 Å². The summed E-state index contributed by atoms with van der Waals surface area (Å²) in [6.07, 6.45) is 0.984. The minimum atomic E-state index is -3.28. The minimum Gasteiger partial charge on any atom is -0.309 e. The molecule has 0 atom stereocenters. The topological polar surface area (TPSA) is 155 Å². The summed E-state index contributed by atoms with van der Waals surface area (Å²) in [4.78, 5) is 9.00. The summed E-state index contributed by atoms with van der Waals surface area (Å²) in [5.41, 5.74) is 0. The van der Waals surface area contributed by atoms with E-state index >= 15 is 0 Å². The van der Waals surface area contributed by atoms with Crippen LogP contribution in [0.4, 0.5) is 0 Å². The number of hydrogen-bond donors (Lipinski definition) is 0. The van der Waals surface area contributed by atoms with E-state index < -0.39 is 30.4 Å². The van der Waals surface area contributed by atoms with Crippen LogP contribution in [0.25, 0.3) is 0 Å². The van der Waals surface area contributed by atoms with Crippen LogP contribution in [0.15, 0.2) is 0 Å². The van der Waals surface area contributed by atoms with Crippen molar-refractivity contribution < 1.29 is 54.5 Å². The summed E-state index contributed by atoms with van der Waals surface area (Å²) >= 11 is 0. The summed E-state index contributed by atoms with van der Waals surface area (Å²) < 4.78 is 98.5. The van der Waals surface area contributed by atoms with Gasteiger partial charge in [-0.2, -0.15) is 0 Å². The standard InChI is InChI=1S/C32H72N4O12P4/c1-9-41-49(37,42-10-2)29-25-33-17-19-34(26-30-50(38,43-11-3)44-12-4)21-23-36(28-32-52(40,47-15-7)48-16-8)24-22-35(20-18-33)27-31-51(39,45-13-5)46-14-6/h9-32H2,1-8H3. The van der Waals surface area contributed by atoms with Crippen LogP contribution in [0.5, 0.6) is 0 Å². The fourth-order valence-corrected chi connectivity index (χ4v) is 12.4. The molecule has 1 aliphatic rings. The Morgan fingerprint density at radius 1 is 0.308 bits per heavy atom. The molecule has 52 heavy (non-hydrogen) atoms. The quantitative estimate of drug-likeness (QED) is 0.0813. The van der Waals surface area contributed by atoms with Crippen molar-refractivity contribution in [3.63, 3.8) is 0 Å². The molecular formula is C32H72N4O12P4. The summed E-state index contributed by atoms with van der Waals surface area (Å²) in [5.74, 6) is 0. The van der Waals surface area contributed by atoms with Gasteiger partial charge in [-0.15, -0.1) is 0 Å². The summed E-state index contributed by atoms with van der Waals surface area (Å²) in [7, 11) is -13.1.